The van der Waals surface area contributed by atoms with E-state index in [0.717, 1.165) is 19.3 Å². The Morgan fingerprint density at radius 3 is 2.68 bits per heavy atom. The van der Waals surface area contributed by atoms with E-state index in [-0.39, 0.29) is 35.8 Å². The fraction of sp³-hybridized carbons (Fsp3) is 0.440. The minimum atomic E-state index is -0.950. The van der Waals surface area contributed by atoms with Gasteiger partial charge in [-0.25, -0.2) is 14.6 Å². The third-order valence-corrected chi connectivity index (χ3v) is 5.79. The molecule has 0 bridgehead atoms. The summed E-state index contributed by atoms with van der Waals surface area (Å²) in [5, 5.41) is 2.58. The summed E-state index contributed by atoms with van der Waals surface area (Å²) in [6.07, 6.45) is 3.63. The van der Waals surface area contributed by atoms with Gasteiger partial charge in [0.05, 0.1) is 7.11 Å². The van der Waals surface area contributed by atoms with Crippen LogP contribution in [0.4, 0.5) is 0 Å². The molecule has 182 valence electrons. The molecule has 1 amide bonds. The van der Waals surface area contributed by atoms with Gasteiger partial charge >= 0.3 is 11.9 Å². The average molecular weight is 471 g/mol. The largest absolute Gasteiger partial charge is 0.493 e. The number of amides is 1. The SMILES string of the molecule is COCC(=O)Oc1c(OC)ccnc1C(=O)N[C@@H](C)C(=O)OC1CCCc2ccccc2C1C. The second kappa shape index (κ2) is 11.6. The first kappa shape index (κ1) is 25.2. The van der Waals surface area contributed by atoms with Crippen LogP contribution in [0.1, 0.15) is 54.2 Å². The summed E-state index contributed by atoms with van der Waals surface area (Å²) in [4.78, 5) is 41.7. The summed E-state index contributed by atoms with van der Waals surface area (Å²) in [5.74, 6) is -1.95. The van der Waals surface area contributed by atoms with E-state index < -0.39 is 23.9 Å². The molecule has 34 heavy (non-hydrogen) atoms. The number of hydrogen-bond acceptors (Lipinski definition) is 8. The van der Waals surface area contributed by atoms with Gasteiger partial charge < -0.3 is 24.3 Å². The molecule has 9 nitrogen and oxygen atoms in total. The van der Waals surface area contributed by atoms with E-state index >= 15 is 0 Å². The minimum Gasteiger partial charge on any atom is -0.493 e. The zero-order valence-electron chi connectivity index (χ0n) is 19.8. The summed E-state index contributed by atoms with van der Waals surface area (Å²) in [6.45, 7) is 3.27. The number of benzene rings is 1. The standard InChI is InChI=1S/C25H30N2O7/c1-15-18-10-6-5-8-17(18)9-7-11-19(15)33-25(30)16(2)27-24(29)22-23(34-21(28)14-31-3)20(32-4)12-13-26-22/h5-6,8,10,12-13,15-16,19H,7,9,11,14H2,1-4H3,(H,27,29)/t15?,16-,19?/m0/s1. The molecule has 0 fully saturated rings. The second-order valence-corrected chi connectivity index (χ2v) is 8.15. The van der Waals surface area contributed by atoms with E-state index in [1.165, 1.54) is 44.5 Å². The monoisotopic (exact) mass is 470 g/mol. The Labute approximate surface area is 198 Å². The van der Waals surface area contributed by atoms with Crippen molar-refractivity contribution in [1.29, 1.82) is 0 Å². The van der Waals surface area contributed by atoms with Crippen molar-refractivity contribution in [3.63, 3.8) is 0 Å². The number of fused-ring (bicyclic) bond motifs is 1. The fourth-order valence-corrected chi connectivity index (χ4v) is 4.00. The molecule has 0 saturated heterocycles. The van der Waals surface area contributed by atoms with Crippen LogP contribution in [0.2, 0.25) is 0 Å². The highest BCUT2D eigenvalue weighted by Crippen LogP contribution is 2.33. The molecule has 0 radical (unpaired) electrons. The Balaban J connectivity index is 1.70. The van der Waals surface area contributed by atoms with Crippen molar-refractivity contribution in [3.05, 3.63) is 53.3 Å². The van der Waals surface area contributed by atoms with Gasteiger partial charge in [0.15, 0.2) is 11.4 Å². The Morgan fingerprint density at radius 1 is 1.18 bits per heavy atom. The van der Waals surface area contributed by atoms with Crippen molar-refractivity contribution in [2.75, 3.05) is 20.8 Å². The molecule has 2 unspecified atom stereocenters. The number of rotatable bonds is 8. The lowest BCUT2D eigenvalue weighted by atomic mass is 9.92. The van der Waals surface area contributed by atoms with Gasteiger partial charge in [-0.1, -0.05) is 31.2 Å². The molecule has 1 aromatic carbocycles. The lowest BCUT2D eigenvalue weighted by molar-refractivity contribution is -0.152. The molecular formula is C25H30N2O7. The van der Waals surface area contributed by atoms with Gasteiger partial charge in [0.1, 0.15) is 18.8 Å². The van der Waals surface area contributed by atoms with Crippen molar-refractivity contribution in [1.82, 2.24) is 10.3 Å². The van der Waals surface area contributed by atoms with Crippen LogP contribution >= 0.6 is 0 Å². The highest BCUT2D eigenvalue weighted by Gasteiger charge is 2.30. The van der Waals surface area contributed by atoms with Crippen LogP contribution in [0.3, 0.4) is 0 Å². The number of nitrogens with one attached hydrogen (secondary N) is 1. The van der Waals surface area contributed by atoms with Crippen LogP contribution in [0.25, 0.3) is 0 Å². The van der Waals surface area contributed by atoms with Gasteiger partial charge in [-0.05, 0) is 37.3 Å². The maximum absolute atomic E-state index is 12.9. The minimum absolute atomic E-state index is 0.0393. The molecule has 3 atom stereocenters. The lowest BCUT2D eigenvalue weighted by Crippen LogP contribution is -2.42. The van der Waals surface area contributed by atoms with Gasteiger partial charge in [0.2, 0.25) is 5.75 Å². The van der Waals surface area contributed by atoms with Gasteiger partial charge in [-0.3, -0.25) is 4.79 Å². The van der Waals surface area contributed by atoms with E-state index in [4.69, 9.17) is 18.9 Å². The van der Waals surface area contributed by atoms with Crippen molar-refractivity contribution < 1.29 is 33.3 Å². The van der Waals surface area contributed by atoms with Crippen LogP contribution in [-0.2, 0) is 25.5 Å². The van der Waals surface area contributed by atoms with Crippen molar-refractivity contribution in [2.45, 2.75) is 51.2 Å². The van der Waals surface area contributed by atoms with Gasteiger partial charge in [0, 0.05) is 25.3 Å². The molecule has 0 aliphatic heterocycles. The zero-order chi connectivity index (χ0) is 24.7. The normalized spacial score (nSPS) is 18.1. The predicted molar refractivity (Wildman–Crippen MR) is 123 cm³/mol. The Kier molecular flexibility index (Phi) is 8.59. The third kappa shape index (κ3) is 5.91. The number of carbonyl (C=O) groups excluding carboxylic acids is 3. The number of ether oxygens (including phenoxy) is 4. The maximum Gasteiger partial charge on any atom is 0.337 e. The van der Waals surface area contributed by atoms with Crippen LogP contribution in [0, 0.1) is 0 Å². The number of aryl methyl sites for hydroxylation is 1. The lowest BCUT2D eigenvalue weighted by Gasteiger charge is -2.25. The maximum atomic E-state index is 12.9. The van der Waals surface area contributed by atoms with E-state index in [1.54, 1.807) is 0 Å². The summed E-state index contributed by atoms with van der Waals surface area (Å²) in [6, 6.07) is 8.68. The van der Waals surface area contributed by atoms with Gasteiger partial charge in [-0.2, -0.15) is 0 Å². The molecule has 1 aromatic heterocycles. The Bertz CT molecular complexity index is 1040. The van der Waals surface area contributed by atoms with Crippen molar-refractivity contribution >= 4 is 17.8 Å². The number of aromatic nitrogens is 1. The number of carbonyl (C=O) groups is 3. The van der Waals surface area contributed by atoms with Crippen molar-refractivity contribution in [2.24, 2.45) is 0 Å². The molecule has 9 heteroatoms. The number of pyridine rings is 1. The summed E-state index contributed by atoms with van der Waals surface area (Å²) in [5.41, 5.74) is 2.26. The second-order valence-electron chi connectivity index (χ2n) is 8.15. The smallest absolute Gasteiger partial charge is 0.337 e. The van der Waals surface area contributed by atoms with E-state index in [0.29, 0.717) is 0 Å². The van der Waals surface area contributed by atoms with Crippen LogP contribution < -0.4 is 14.8 Å². The molecule has 0 spiro atoms. The Morgan fingerprint density at radius 2 is 1.94 bits per heavy atom. The van der Waals surface area contributed by atoms with E-state index in [9.17, 15) is 14.4 Å². The highest BCUT2D eigenvalue weighted by molar-refractivity contribution is 5.98. The highest BCUT2D eigenvalue weighted by atomic mass is 16.6. The third-order valence-electron chi connectivity index (χ3n) is 5.79. The molecule has 2 aromatic rings. The number of hydrogen-bond donors (Lipinski definition) is 1. The first-order chi connectivity index (χ1) is 16.3. The van der Waals surface area contributed by atoms with Gasteiger partial charge in [-0.15, -0.1) is 0 Å². The number of nitrogens with zero attached hydrogens (tertiary/aromatic N) is 1. The molecule has 1 aliphatic rings. The summed E-state index contributed by atoms with van der Waals surface area (Å²) >= 11 is 0. The molecule has 1 aliphatic carbocycles. The van der Waals surface area contributed by atoms with E-state index in [2.05, 4.69) is 22.4 Å². The Hall–Kier alpha value is -3.46. The van der Waals surface area contributed by atoms with Crippen LogP contribution in [-0.4, -0.2) is 55.8 Å². The van der Waals surface area contributed by atoms with Crippen LogP contribution in [0.15, 0.2) is 36.5 Å². The number of esters is 2. The topological polar surface area (TPSA) is 113 Å². The van der Waals surface area contributed by atoms with Gasteiger partial charge in [0.25, 0.3) is 5.91 Å². The first-order valence-electron chi connectivity index (χ1n) is 11.2. The van der Waals surface area contributed by atoms with Crippen LogP contribution in [0.5, 0.6) is 11.5 Å². The summed E-state index contributed by atoms with van der Waals surface area (Å²) < 4.78 is 21.0. The molecule has 0 saturated carbocycles. The van der Waals surface area contributed by atoms with Crippen molar-refractivity contribution in [3.8, 4) is 11.5 Å². The fourth-order valence-electron chi connectivity index (χ4n) is 4.00. The molecule has 3 rings (SSSR count). The van der Waals surface area contributed by atoms with E-state index in [1.807, 2.05) is 19.1 Å². The quantitative estimate of drug-likeness (QED) is 0.463. The number of methoxy groups -OCH3 is 2. The molecular weight excluding hydrogens is 440 g/mol. The average Bonchev–Trinajstić information content (AvgIpc) is 2.98. The predicted octanol–water partition coefficient (Wildman–Crippen LogP) is 2.81. The first-order valence-corrected chi connectivity index (χ1v) is 11.2. The molecule has 1 N–H and O–H groups in total. The summed E-state index contributed by atoms with van der Waals surface area (Å²) in [7, 11) is 2.72. The molecule has 1 heterocycles. The zero-order valence-corrected chi connectivity index (χ0v) is 19.8.